The summed E-state index contributed by atoms with van der Waals surface area (Å²) in [6.45, 7) is 3.32. The third-order valence-electron chi connectivity index (χ3n) is 4.12. The molecule has 0 spiro atoms. The molecule has 0 amide bonds. The van der Waals surface area contributed by atoms with Gasteiger partial charge in [-0.1, -0.05) is 0 Å². The fourth-order valence-corrected chi connectivity index (χ4v) is 2.96. The molecule has 4 rings (SSSR count). The highest BCUT2D eigenvalue weighted by atomic mass is 16.6. The number of nitrogens with one attached hydrogen (secondary N) is 1. The fourth-order valence-electron chi connectivity index (χ4n) is 2.96. The average Bonchev–Trinajstić information content (AvgIpc) is 2.63. The zero-order valence-electron chi connectivity index (χ0n) is 13.0. The van der Waals surface area contributed by atoms with Gasteiger partial charge in [0.1, 0.15) is 19.0 Å². The third kappa shape index (κ3) is 3.16. The van der Waals surface area contributed by atoms with E-state index in [4.69, 9.17) is 9.47 Å². The van der Waals surface area contributed by atoms with Gasteiger partial charge in [-0.3, -0.25) is 0 Å². The average molecular weight is 312 g/mol. The van der Waals surface area contributed by atoms with Crippen LogP contribution in [-0.4, -0.2) is 36.3 Å². The largest absolute Gasteiger partial charge is 0.486 e. The van der Waals surface area contributed by atoms with Crippen LogP contribution in [0.4, 0.5) is 17.5 Å². The Kier molecular flexibility index (Phi) is 3.88. The Hall–Kier alpha value is -2.50. The molecule has 0 atom stereocenters. The van der Waals surface area contributed by atoms with E-state index in [9.17, 15) is 0 Å². The van der Waals surface area contributed by atoms with Crippen molar-refractivity contribution in [3.63, 3.8) is 0 Å². The summed E-state index contributed by atoms with van der Waals surface area (Å²) < 4.78 is 11.1. The van der Waals surface area contributed by atoms with E-state index in [1.165, 1.54) is 19.3 Å². The van der Waals surface area contributed by atoms with Gasteiger partial charge < -0.3 is 19.7 Å². The summed E-state index contributed by atoms with van der Waals surface area (Å²) in [7, 11) is 0. The first-order chi connectivity index (χ1) is 11.4. The number of rotatable bonds is 3. The van der Waals surface area contributed by atoms with Gasteiger partial charge in [-0.2, -0.15) is 4.98 Å². The van der Waals surface area contributed by atoms with Crippen LogP contribution in [0.15, 0.2) is 30.5 Å². The first kappa shape index (κ1) is 14.1. The van der Waals surface area contributed by atoms with Gasteiger partial charge in [0, 0.05) is 31.0 Å². The molecule has 1 saturated heterocycles. The summed E-state index contributed by atoms with van der Waals surface area (Å²) in [4.78, 5) is 11.3. The summed E-state index contributed by atoms with van der Waals surface area (Å²) in [6, 6.07) is 7.75. The fraction of sp³-hybridized carbons (Fsp3) is 0.412. The van der Waals surface area contributed by atoms with Crippen molar-refractivity contribution < 1.29 is 9.47 Å². The van der Waals surface area contributed by atoms with Crippen LogP contribution in [-0.2, 0) is 0 Å². The molecule has 0 bridgehead atoms. The van der Waals surface area contributed by atoms with Crippen molar-refractivity contribution >= 4 is 17.5 Å². The van der Waals surface area contributed by atoms with E-state index in [0.717, 1.165) is 36.1 Å². The van der Waals surface area contributed by atoms with Crippen LogP contribution in [0, 0.1) is 0 Å². The Morgan fingerprint density at radius 3 is 2.65 bits per heavy atom. The van der Waals surface area contributed by atoms with Crippen LogP contribution < -0.4 is 19.7 Å². The second kappa shape index (κ2) is 6.32. The first-order valence-corrected chi connectivity index (χ1v) is 8.13. The standard InChI is InChI=1S/C17H20N4O2/c1-2-8-21(9-3-1)16-6-7-18-17(20-16)19-13-4-5-14-15(12-13)23-11-10-22-14/h4-7,12H,1-3,8-11H2,(H,18,19,20). The number of hydrogen-bond acceptors (Lipinski definition) is 6. The number of nitrogens with zero attached hydrogens (tertiary/aromatic N) is 3. The van der Waals surface area contributed by atoms with E-state index < -0.39 is 0 Å². The molecule has 1 aromatic carbocycles. The number of piperidine rings is 1. The van der Waals surface area contributed by atoms with Gasteiger partial charge in [0.2, 0.25) is 5.95 Å². The van der Waals surface area contributed by atoms with Crippen molar-refractivity contribution in [2.24, 2.45) is 0 Å². The van der Waals surface area contributed by atoms with Crippen molar-refractivity contribution in [2.75, 3.05) is 36.5 Å². The predicted molar refractivity (Wildman–Crippen MR) is 88.8 cm³/mol. The molecule has 2 aromatic rings. The normalized spacial score (nSPS) is 17.0. The van der Waals surface area contributed by atoms with Crippen LogP contribution in [0.25, 0.3) is 0 Å². The van der Waals surface area contributed by atoms with E-state index in [-0.39, 0.29) is 0 Å². The zero-order valence-corrected chi connectivity index (χ0v) is 13.0. The van der Waals surface area contributed by atoms with Crippen LogP contribution in [0.1, 0.15) is 19.3 Å². The van der Waals surface area contributed by atoms with Crippen LogP contribution >= 0.6 is 0 Å². The Labute approximate surface area is 135 Å². The molecule has 6 heteroatoms. The molecule has 23 heavy (non-hydrogen) atoms. The smallest absolute Gasteiger partial charge is 0.229 e. The van der Waals surface area contributed by atoms with Gasteiger partial charge in [-0.05, 0) is 37.5 Å². The lowest BCUT2D eigenvalue weighted by Crippen LogP contribution is -2.30. The maximum atomic E-state index is 5.61. The number of fused-ring (bicyclic) bond motifs is 1. The summed E-state index contributed by atoms with van der Waals surface area (Å²) in [5.74, 6) is 3.13. The van der Waals surface area contributed by atoms with E-state index in [1.54, 1.807) is 6.20 Å². The van der Waals surface area contributed by atoms with Gasteiger partial charge in [-0.15, -0.1) is 0 Å². The maximum Gasteiger partial charge on any atom is 0.229 e. The summed E-state index contributed by atoms with van der Waals surface area (Å²) in [5, 5.41) is 3.25. The molecule has 0 radical (unpaired) electrons. The highest BCUT2D eigenvalue weighted by molar-refractivity contribution is 5.60. The van der Waals surface area contributed by atoms with E-state index in [2.05, 4.69) is 20.2 Å². The molecule has 1 N–H and O–H groups in total. The molecule has 6 nitrogen and oxygen atoms in total. The molecule has 0 aliphatic carbocycles. The van der Waals surface area contributed by atoms with Crippen LogP contribution in [0.3, 0.4) is 0 Å². The molecule has 120 valence electrons. The van der Waals surface area contributed by atoms with Gasteiger partial charge in [0.15, 0.2) is 11.5 Å². The lowest BCUT2D eigenvalue weighted by molar-refractivity contribution is 0.171. The summed E-state index contributed by atoms with van der Waals surface area (Å²) in [5.41, 5.74) is 0.894. The number of benzene rings is 1. The van der Waals surface area contributed by atoms with E-state index in [1.807, 2.05) is 24.3 Å². The van der Waals surface area contributed by atoms with Crippen LogP contribution in [0.5, 0.6) is 11.5 Å². The molecule has 0 saturated carbocycles. The van der Waals surface area contributed by atoms with E-state index >= 15 is 0 Å². The molecule has 0 unspecified atom stereocenters. The van der Waals surface area contributed by atoms with Crippen molar-refractivity contribution in [3.05, 3.63) is 30.5 Å². The first-order valence-electron chi connectivity index (χ1n) is 8.13. The van der Waals surface area contributed by atoms with Crippen molar-refractivity contribution in [3.8, 4) is 11.5 Å². The van der Waals surface area contributed by atoms with Gasteiger partial charge in [-0.25, -0.2) is 4.98 Å². The molecular formula is C17H20N4O2. The van der Waals surface area contributed by atoms with Gasteiger partial charge in [0.25, 0.3) is 0 Å². The highest BCUT2D eigenvalue weighted by Crippen LogP contribution is 2.33. The molecular weight excluding hydrogens is 292 g/mol. The summed E-state index contributed by atoms with van der Waals surface area (Å²) in [6.07, 6.45) is 5.57. The van der Waals surface area contributed by atoms with Crippen molar-refractivity contribution in [2.45, 2.75) is 19.3 Å². The predicted octanol–water partition coefficient (Wildman–Crippen LogP) is 2.98. The Morgan fingerprint density at radius 1 is 0.957 bits per heavy atom. The Balaban J connectivity index is 1.52. The Morgan fingerprint density at radius 2 is 1.78 bits per heavy atom. The van der Waals surface area contributed by atoms with E-state index in [0.29, 0.717) is 19.2 Å². The number of ether oxygens (including phenoxy) is 2. The lowest BCUT2D eigenvalue weighted by atomic mass is 10.1. The molecule has 2 aliphatic heterocycles. The third-order valence-corrected chi connectivity index (χ3v) is 4.12. The van der Waals surface area contributed by atoms with Crippen LogP contribution in [0.2, 0.25) is 0 Å². The molecule has 3 heterocycles. The highest BCUT2D eigenvalue weighted by Gasteiger charge is 2.14. The minimum atomic E-state index is 0.581. The van der Waals surface area contributed by atoms with Gasteiger partial charge >= 0.3 is 0 Å². The molecule has 1 fully saturated rings. The van der Waals surface area contributed by atoms with Gasteiger partial charge in [0.05, 0.1) is 0 Å². The Bertz CT molecular complexity index is 686. The minimum absolute atomic E-state index is 0.581. The SMILES string of the molecule is c1cc(N2CCCCC2)nc(Nc2ccc3c(c2)OCCO3)n1. The van der Waals surface area contributed by atoms with Crippen molar-refractivity contribution in [1.82, 2.24) is 9.97 Å². The quantitative estimate of drug-likeness (QED) is 0.940. The topological polar surface area (TPSA) is 59.5 Å². The second-order valence-electron chi connectivity index (χ2n) is 5.77. The lowest BCUT2D eigenvalue weighted by Gasteiger charge is -2.27. The second-order valence-corrected chi connectivity index (χ2v) is 5.77. The number of hydrogen-bond donors (Lipinski definition) is 1. The number of anilines is 3. The summed E-state index contributed by atoms with van der Waals surface area (Å²) >= 11 is 0. The minimum Gasteiger partial charge on any atom is -0.486 e. The zero-order chi connectivity index (χ0) is 15.5. The molecule has 2 aliphatic rings. The monoisotopic (exact) mass is 312 g/mol. The molecule has 1 aromatic heterocycles. The van der Waals surface area contributed by atoms with Crippen molar-refractivity contribution in [1.29, 1.82) is 0 Å². The maximum absolute atomic E-state index is 5.61. The number of aromatic nitrogens is 2.